The molecule has 0 amide bonds. The summed E-state index contributed by atoms with van der Waals surface area (Å²) in [6.45, 7) is 0. The van der Waals surface area contributed by atoms with Crippen molar-refractivity contribution in [3.63, 3.8) is 0 Å². The van der Waals surface area contributed by atoms with Crippen LogP contribution in [0.1, 0.15) is 0 Å². The maximum absolute atomic E-state index is 6.11. The molecular weight excluding hydrogens is 342 g/mol. The second kappa shape index (κ2) is 5.26. The Balaban J connectivity index is 2.04. The van der Waals surface area contributed by atoms with Gasteiger partial charge in [-0.1, -0.05) is 44.8 Å². The van der Waals surface area contributed by atoms with Crippen molar-refractivity contribution in [1.82, 2.24) is 10.1 Å². The van der Waals surface area contributed by atoms with Crippen LogP contribution in [0.5, 0.6) is 0 Å². The monoisotopic (exact) mass is 349 g/mol. The van der Waals surface area contributed by atoms with Gasteiger partial charge in [-0.15, -0.1) is 0 Å². The third kappa shape index (κ3) is 2.42. The molecule has 20 heavy (non-hydrogen) atoms. The van der Waals surface area contributed by atoms with Gasteiger partial charge >= 0.3 is 0 Å². The Hall–Kier alpha value is -1.85. The molecule has 0 unspecified atom stereocenters. The van der Waals surface area contributed by atoms with Crippen LogP contribution < -0.4 is 5.73 Å². The maximum Gasteiger partial charge on any atom is 0.260 e. The van der Waals surface area contributed by atoms with Gasteiger partial charge in [-0.25, -0.2) is 0 Å². The van der Waals surface area contributed by atoms with E-state index in [0.717, 1.165) is 10.0 Å². The van der Waals surface area contributed by atoms with Crippen molar-refractivity contribution in [3.05, 3.63) is 52.0 Å². The summed E-state index contributed by atoms with van der Waals surface area (Å²) >= 11 is 9.47. The first-order valence-electron chi connectivity index (χ1n) is 5.79. The topological polar surface area (TPSA) is 64.9 Å². The van der Waals surface area contributed by atoms with Crippen molar-refractivity contribution in [1.29, 1.82) is 0 Å². The van der Waals surface area contributed by atoms with Crippen LogP contribution in [-0.4, -0.2) is 10.1 Å². The van der Waals surface area contributed by atoms with Crippen molar-refractivity contribution in [2.24, 2.45) is 0 Å². The van der Waals surface area contributed by atoms with Crippen LogP contribution in [0.3, 0.4) is 0 Å². The number of benzene rings is 2. The molecule has 0 saturated carbocycles. The summed E-state index contributed by atoms with van der Waals surface area (Å²) in [5.41, 5.74) is 7.93. The summed E-state index contributed by atoms with van der Waals surface area (Å²) in [6.07, 6.45) is 0. The smallest absolute Gasteiger partial charge is 0.260 e. The van der Waals surface area contributed by atoms with Crippen LogP contribution in [0, 0.1) is 0 Å². The molecule has 0 atom stereocenters. The standard InChI is InChI=1S/C14H9BrClN3O/c15-8-5-6-10(12(17)7-8)14-18-13(19-20-14)9-3-1-2-4-11(9)16/h1-7H,17H2. The van der Waals surface area contributed by atoms with Crippen molar-refractivity contribution in [3.8, 4) is 22.8 Å². The van der Waals surface area contributed by atoms with Crippen molar-refractivity contribution < 1.29 is 4.52 Å². The summed E-state index contributed by atoms with van der Waals surface area (Å²) in [5.74, 6) is 0.804. The van der Waals surface area contributed by atoms with Gasteiger partial charge in [0.1, 0.15) is 0 Å². The number of aromatic nitrogens is 2. The number of anilines is 1. The van der Waals surface area contributed by atoms with Gasteiger partial charge in [0.25, 0.3) is 5.89 Å². The van der Waals surface area contributed by atoms with Gasteiger partial charge in [0.05, 0.1) is 10.6 Å². The van der Waals surface area contributed by atoms with Gasteiger partial charge in [0.2, 0.25) is 5.82 Å². The Labute approximate surface area is 128 Å². The fourth-order valence-electron chi connectivity index (χ4n) is 1.81. The highest BCUT2D eigenvalue weighted by atomic mass is 79.9. The number of rotatable bonds is 2. The minimum atomic E-state index is 0.366. The molecule has 0 bridgehead atoms. The zero-order valence-corrected chi connectivity index (χ0v) is 12.5. The van der Waals surface area contributed by atoms with E-state index >= 15 is 0 Å². The number of nitrogen functional groups attached to an aromatic ring is 1. The molecule has 0 saturated heterocycles. The molecule has 2 aromatic carbocycles. The largest absolute Gasteiger partial charge is 0.398 e. The second-order valence-corrected chi connectivity index (χ2v) is 5.46. The van der Waals surface area contributed by atoms with Crippen molar-refractivity contribution in [2.45, 2.75) is 0 Å². The maximum atomic E-state index is 6.11. The number of nitrogens with zero attached hydrogens (tertiary/aromatic N) is 2. The minimum Gasteiger partial charge on any atom is -0.398 e. The molecule has 100 valence electrons. The van der Waals surface area contributed by atoms with Gasteiger partial charge in [-0.3, -0.25) is 0 Å². The van der Waals surface area contributed by atoms with Crippen LogP contribution in [0.2, 0.25) is 5.02 Å². The molecule has 3 rings (SSSR count). The fourth-order valence-corrected chi connectivity index (χ4v) is 2.41. The van der Waals surface area contributed by atoms with Crippen LogP contribution in [0.25, 0.3) is 22.8 Å². The summed E-state index contributed by atoms with van der Waals surface area (Å²) in [6, 6.07) is 12.8. The lowest BCUT2D eigenvalue weighted by molar-refractivity contribution is 0.432. The highest BCUT2D eigenvalue weighted by Gasteiger charge is 2.14. The Kier molecular flexibility index (Phi) is 3.46. The molecule has 4 nitrogen and oxygen atoms in total. The van der Waals surface area contributed by atoms with E-state index < -0.39 is 0 Å². The molecule has 2 N–H and O–H groups in total. The molecule has 0 aliphatic rings. The Bertz CT molecular complexity index is 773. The Morgan fingerprint density at radius 2 is 1.90 bits per heavy atom. The first-order valence-corrected chi connectivity index (χ1v) is 6.96. The number of hydrogen-bond acceptors (Lipinski definition) is 4. The Morgan fingerprint density at radius 1 is 1.10 bits per heavy atom. The van der Waals surface area contributed by atoms with Crippen molar-refractivity contribution in [2.75, 3.05) is 5.73 Å². The lowest BCUT2D eigenvalue weighted by atomic mass is 10.2. The molecular formula is C14H9BrClN3O. The first-order chi connectivity index (χ1) is 9.65. The minimum absolute atomic E-state index is 0.366. The number of halogens is 2. The van der Waals surface area contributed by atoms with E-state index in [1.165, 1.54) is 0 Å². The normalized spacial score (nSPS) is 10.7. The molecule has 3 aromatic rings. The molecule has 0 aliphatic carbocycles. The summed E-state index contributed by atoms with van der Waals surface area (Å²) in [4.78, 5) is 4.34. The molecule has 1 aromatic heterocycles. The zero-order chi connectivity index (χ0) is 14.1. The van der Waals surface area contributed by atoms with E-state index in [1.807, 2.05) is 30.3 Å². The van der Waals surface area contributed by atoms with Crippen LogP contribution in [-0.2, 0) is 0 Å². The zero-order valence-electron chi connectivity index (χ0n) is 10.2. The van der Waals surface area contributed by atoms with E-state index in [9.17, 15) is 0 Å². The molecule has 6 heteroatoms. The second-order valence-electron chi connectivity index (χ2n) is 4.13. The van der Waals surface area contributed by atoms with Gasteiger partial charge in [0.15, 0.2) is 0 Å². The number of nitrogens with two attached hydrogens (primary N) is 1. The lowest BCUT2D eigenvalue weighted by Gasteiger charge is -2.00. The van der Waals surface area contributed by atoms with E-state index in [1.54, 1.807) is 12.1 Å². The predicted molar refractivity (Wildman–Crippen MR) is 82.3 cm³/mol. The number of hydrogen-bond donors (Lipinski definition) is 1. The van der Waals surface area contributed by atoms with Crippen LogP contribution in [0.4, 0.5) is 5.69 Å². The van der Waals surface area contributed by atoms with Gasteiger partial charge in [-0.2, -0.15) is 4.98 Å². The molecule has 1 heterocycles. The lowest BCUT2D eigenvalue weighted by Crippen LogP contribution is -1.90. The highest BCUT2D eigenvalue weighted by molar-refractivity contribution is 9.10. The molecule has 0 spiro atoms. The van der Waals surface area contributed by atoms with Crippen LogP contribution >= 0.6 is 27.5 Å². The summed E-state index contributed by atoms with van der Waals surface area (Å²) < 4.78 is 6.16. The fraction of sp³-hybridized carbons (Fsp3) is 0. The molecule has 0 radical (unpaired) electrons. The van der Waals surface area contributed by atoms with Crippen molar-refractivity contribution >= 4 is 33.2 Å². The van der Waals surface area contributed by atoms with Gasteiger partial charge < -0.3 is 10.3 Å². The summed E-state index contributed by atoms with van der Waals surface area (Å²) in [5, 5.41) is 4.52. The molecule has 0 fully saturated rings. The quantitative estimate of drug-likeness (QED) is 0.696. The van der Waals surface area contributed by atoms with E-state index in [4.69, 9.17) is 21.9 Å². The van der Waals surface area contributed by atoms with E-state index in [-0.39, 0.29) is 0 Å². The highest BCUT2D eigenvalue weighted by Crippen LogP contribution is 2.30. The van der Waals surface area contributed by atoms with E-state index in [0.29, 0.717) is 28.0 Å². The van der Waals surface area contributed by atoms with Crippen LogP contribution in [0.15, 0.2) is 51.5 Å². The average molecular weight is 351 g/mol. The first kappa shape index (κ1) is 13.1. The van der Waals surface area contributed by atoms with E-state index in [2.05, 4.69) is 26.1 Å². The average Bonchev–Trinajstić information content (AvgIpc) is 2.88. The van der Waals surface area contributed by atoms with Gasteiger partial charge in [-0.05, 0) is 30.3 Å². The summed E-state index contributed by atoms with van der Waals surface area (Å²) in [7, 11) is 0. The third-order valence-corrected chi connectivity index (χ3v) is 3.61. The third-order valence-electron chi connectivity index (χ3n) is 2.78. The Morgan fingerprint density at radius 3 is 2.65 bits per heavy atom. The molecule has 0 aliphatic heterocycles. The van der Waals surface area contributed by atoms with Gasteiger partial charge in [0, 0.05) is 15.7 Å². The SMILES string of the molecule is Nc1cc(Br)ccc1-c1nc(-c2ccccc2Cl)no1. The predicted octanol–water partition coefficient (Wildman–Crippen LogP) is 4.40.